The van der Waals surface area contributed by atoms with Crippen molar-refractivity contribution in [3.05, 3.63) is 51.8 Å². The fourth-order valence-corrected chi connectivity index (χ4v) is 5.84. The molecule has 3 heterocycles. The molecule has 6 rings (SSSR count). The van der Waals surface area contributed by atoms with Crippen molar-refractivity contribution in [2.24, 2.45) is 13.0 Å². The van der Waals surface area contributed by atoms with E-state index in [4.69, 9.17) is 16.3 Å². The number of ether oxygens (including phenoxy) is 1. The third-order valence-electron chi connectivity index (χ3n) is 7.39. The van der Waals surface area contributed by atoms with Crippen molar-refractivity contribution in [3.63, 3.8) is 0 Å². The first-order chi connectivity index (χ1) is 14.9. The molecule has 1 unspecified atom stereocenters. The molecule has 7 nitrogen and oxygen atoms in total. The van der Waals surface area contributed by atoms with Crippen LogP contribution in [0.2, 0.25) is 5.02 Å². The maximum absolute atomic E-state index is 13.4. The number of aryl methyl sites for hydroxylation is 1. The van der Waals surface area contributed by atoms with Crippen LogP contribution in [0.4, 0.5) is 4.79 Å². The van der Waals surface area contributed by atoms with Crippen LogP contribution in [0.15, 0.2) is 24.4 Å². The average Bonchev–Trinajstić information content (AvgIpc) is 3.38. The van der Waals surface area contributed by atoms with E-state index in [0.717, 1.165) is 29.7 Å². The van der Waals surface area contributed by atoms with Gasteiger partial charge in [-0.1, -0.05) is 23.7 Å². The van der Waals surface area contributed by atoms with E-state index < -0.39 is 0 Å². The summed E-state index contributed by atoms with van der Waals surface area (Å²) in [6.07, 6.45) is 6.00. The molecule has 162 valence electrons. The van der Waals surface area contributed by atoms with Gasteiger partial charge in [0, 0.05) is 25.6 Å². The van der Waals surface area contributed by atoms with Crippen molar-refractivity contribution in [1.82, 2.24) is 20.0 Å². The van der Waals surface area contributed by atoms with Crippen molar-refractivity contribution < 1.29 is 14.3 Å². The SMILES string of the molecule is Cn1ncc(Cl)c1CC1c2cc(C3CC3)ccc2C(=O)N1CC1CC2(CNC(=O)O2)C1. The molecule has 2 saturated carbocycles. The number of hydrogen-bond donors (Lipinski definition) is 1. The van der Waals surface area contributed by atoms with Crippen molar-refractivity contribution in [3.8, 4) is 0 Å². The van der Waals surface area contributed by atoms with Gasteiger partial charge in [0.05, 0.1) is 29.5 Å². The van der Waals surface area contributed by atoms with Gasteiger partial charge < -0.3 is 15.0 Å². The molecule has 2 aromatic rings. The van der Waals surface area contributed by atoms with E-state index in [1.54, 1.807) is 10.9 Å². The Balaban J connectivity index is 1.29. The van der Waals surface area contributed by atoms with Crippen LogP contribution in [0, 0.1) is 5.92 Å². The molecule has 1 spiro atoms. The van der Waals surface area contributed by atoms with Crippen LogP contribution in [-0.2, 0) is 18.2 Å². The van der Waals surface area contributed by atoms with E-state index in [1.165, 1.54) is 18.4 Å². The second-order valence-corrected chi connectivity index (χ2v) is 9.97. The van der Waals surface area contributed by atoms with E-state index in [2.05, 4.69) is 22.5 Å². The minimum absolute atomic E-state index is 0.0603. The van der Waals surface area contributed by atoms with E-state index in [-0.39, 0.29) is 23.6 Å². The van der Waals surface area contributed by atoms with Crippen LogP contribution in [0.1, 0.15) is 64.8 Å². The van der Waals surface area contributed by atoms with Crippen molar-refractivity contribution in [1.29, 1.82) is 0 Å². The molecule has 2 aliphatic heterocycles. The summed E-state index contributed by atoms with van der Waals surface area (Å²) in [5.41, 5.74) is 3.80. The highest BCUT2D eigenvalue weighted by atomic mass is 35.5. The lowest BCUT2D eigenvalue weighted by Crippen LogP contribution is -2.51. The molecule has 2 amide bonds. The first-order valence-electron chi connectivity index (χ1n) is 11.0. The smallest absolute Gasteiger partial charge is 0.407 e. The summed E-state index contributed by atoms with van der Waals surface area (Å²) in [5.74, 6) is 1.04. The summed E-state index contributed by atoms with van der Waals surface area (Å²) in [4.78, 5) is 26.9. The Hall–Kier alpha value is -2.54. The molecule has 3 fully saturated rings. The zero-order valence-electron chi connectivity index (χ0n) is 17.4. The maximum atomic E-state index is 13.4. The number of halogens is 1. The highest BCUT2D eigenvalue weighted by Gasteiger charge is 2.52. The lowest BCUT2D eigenvalue weighted by Gasteiger charge is -2.44. The summed E-state index contributed by atoms with van der Waals surface area (Å²) in [6, 6.07) is 6.31. The van der Waals surface area contributed by atoms with Gasteiger partial charge in [-0.2, -0.15) is 5.10 Å². The van der Waals surface area contributed by atoms with Crippen LogP contribution < -0.4 is 5.32 Å². The van der Waals surface area contributed by atoms with E-state index in [0.29, 0.717) is 36.4 Å². The number of amides is 2. The van der Waals surface area contributed by atoms with Crippen molar-refractivity contribution >= 4 is 23.6 Å². The van der Waals surface area contributed by atoms with Gasteiger partial charge in [0.1, 0.15) is 5.60 Å². The Morgan fingerprint density at radius 2 is 2.10 bits per heavy atom. The minimum Gasteiger partial charge on any atom is -0.441 e. The quantitative estimate of drug-likeness (QED) is 0.771. The van der Waals surface area contributed by atoms with Gasteiger partial charge in [-0.15, -0.1) is 0 Å². The molecule has 1 aromatic heterocycles. The number of rotatable bonds is 5. The second kappa shape index (κ2) is 6.73. The molecule has 0 bridgehead atoms. The zero-order chi connectivity index (χ0) is 21.3. The standard InChI is InChI=1S/C23H25ClN4O3/c1-27-20(18(24)10-26-27)7-19-17-6-15(14-2-3-14)4-5-16(17)21(29)28(19)11-13-8-23(9-13)12-25-22(30)31-23/h4-6,10,13-14,19H,2-3,7-9,11-12H2,1H3,(H,25,30). The van der Waals surface area contributed by atoms with Gasteiger partial charge in [-0.3, -0.25) is 9.48 Å². The molecule has 4 aliphatic rings. The molecule has 1 saturated heterocycles. The highest BCUT2D eigenvalue weighted by molar-refractivity contribution is 6.31. The summed E-state index contributed by atoms with van der Waals surface area (Å²) >= 11 is 6.42. The predicted molar refractivity (Wildman–Crippen MR) is 114 cm³/mol. The number of alkyl carbamates (subject to hydrolysis) is 1. The van der Waals surface area contributed by atoms with Crippen LogP contribution >= 0.6 is 11.6 Å². The topological polar surface area (TPSA) is 76.5 Å². The summed E-state index contributed by atoms with van der Waals surface area (Å²) < 4.78 is 7.28. The molecule has 0 radical (unpaired) electrons. The number of carbonyl (C=O) groups excluding carboxylic acids is 2. The molecule has 31 heavy (non-hydrogen) atoms. The third kappa shape index (κ3) is 3.13. The van der Waals surface area contributed by atoms with E-state index in [1.807, 2.05) is 18.0 Å². The molecule has 8 heteroatoms. The molecular formula is C23H25ClN4O3. The summed E-state index contributed by atoms with van der Waals surface area (Å²) in [6.45, 7) is 1.22. The number of nitrogens with one attached hydrogen (secondary N) is 1. The van der Waals surface area contributed by atoms with Crippen molar-refractivity contribution in [2.45, 2.75) is 49.7 Å². The molecule has 1 N–H and O–H groups in total. The van der Waals surface area contributed by atoms with Gasteiger partial charge in [0.25, 0.3) is 5.91 Å². The Morgan fingerprint density at radius 1 is 1.29 bits per heavy atom. The van der Waals surface area contributed by atoms with Crippen LogP contribution in [0.25, 0.3) is 0 Å². The van der Waals surface area contributed by atoms with Crippen molar-refractivity contribution in [2.75, 3.05) is 13.1 Å². The molecular weight excluding hydrogens is 416 g/mol. The number of carbonyl (C=O) groups is 2. The molecule has 1 atom stereocenters. The highest BCUT2D eigenvalue weighted by Crippen LogP contribution is 2.47. The lowest BCUT2D eigenvalue weighted by molar-refractivity contribution is -0.0555. The first kappa shape index (κ1) is 19.2. The lowest BCUT2D eigenvalue weighted by atomic mass is 9.70. The van der Waals surface area contributed by atoms with Gasteiger partial charge in [-0.25, -0.2) is 4.79 Å². The second-order valence-electron chi connectivity index (χ2n) is 9.56. The molecule has 1 aromatic carbocycles. The Bertz CT molecular complexity index is 1070. The number of fused-ring (bicyclic) bond motifs is 1. The van der Waals surface area contributed by atoms with E-state index >= 15 is 0 Å². The average molecular weight is 441 g/mol. The molecule has 2 aliphatic carbocycles. The third-order valence-corrected chi connectivity index (χ3v) is 7.70. The zero-order valence-corrected chi connectivity index (χ0v) is 18.2. The minimum atomic E-state index is -0.378. The number of nitrogens with zero attached hydrogens (tertiary/aromatic N) is 3. The largest absolute Gasteiger partial charge is 0.441 e. The maximum Gasteiger partial charge on any atom is 0.407 e. The number of hydrogen-bond acceptors (Lipinski definition) is 4. The van der Waals surface area contributed by atoms with Gasteiger partial charge >= 0.3 is 6.09 Å². The van der Waals surface area contributed by atoms with Gasteiger partial charge in [-0.05, 0) is 54.7 Å². The van der Waals surface area contributed by atoms with E-state index in [9.17, 15) is 9.59 Å². The number of aromatic nitrogens is 2. The normalized spacial score (nSPS) is 29.2. The fourth-order valence-electron chi connectivity index (χ4n) is 5.59. The monoisotopic (exact) mass is 440 g/mol. The van der Waals surface area contributed by atoms with Crippen LogP contribution in [-0.4, -0.2) is 45.4 Å². The van der Waals surface area contributed by atoms with Crippen LogP contribution in [0.3, 0.4) is 0 Å². The first-order valence-corrected chi connectivity index (χ1v) is 11.4. The summed E-state index contributed by atoms with van der Waals surface area (Å²) in [5, 5.41) is 7.67. The Morgan fingerprint density at radius 3 is 2.74 bits per heavy atom. The predicted octanol–water partition coefficient (Wildman–Crippen LogP) is 3.58. The summed E-state index contributed by atoms with van der Waals surface area (Å²) in [7, 11) is 1.89. The number of benzene rings is 1. The van der Waals surface area contributed by atoms with Crippen LogP contribution in [0.5, 0.6) is 0 Å². The fraction of sp³-hybridized carbons (Fsp3) is 0.522. The Kier molecular flexibility index (Phi) is 4.16. The van der Waals surface area contributed by atoms with Gasteiger partial charge in [0.15, 0.2) is 0 Å². The van der Waals surface area contributed by atoms with Gasteiger partial charge in [0.2, 0.25) is 0 Å². The Labute approximate surface area is 185 Å².